The van der Waals surface area contributed by atoms with Crippen LogP contribution in [-0.2, 0) is 18.8 Å². The lowest BCUT2D eigenvalue weighted by Gasteiger charge is -2.43. The summed E-state index contributed by atoms with van der Waals surface area (Å²) in [6.45, 7) is 16.3. The van der Waals surface area contributed by atoms with Crippen molar-refractivity contribution in [3.63, 3.8) is 0 Å². The standard InChI is InChI=1S/C36H61NO5Si/c1-10-12-25-36(6,40)26-17-19-31-30(18-15-13-14-16-20-34(39)41-8)32(38)27-33(31)42-43(9,35(3,4)5)29-23-21-28(22-24-29)37(7)11-2/h17,19,21-24,30-31,33,40H,10-16,18,20,25-27H2,1-9H3/t30-,31-,33-,36?,43?/m1/s1. The zero-order valence-corrected chi connectivity index (χ0v) is 29.7. The van der Waals surface area contributed by atoms with Crippen molar-refractivity contribution in [3.8, 4) is 0 Å². The second-order valence-corrected chi connectivity index (χ2v) is 18.5. The van der Waals surface area contributed by atoms with Crippen molar-refractivity contribution in [3.05, 3.63) is 36.4 Å². The van der Waals surface area contributed by atoms with Crippen molar-refractivity contribution in [2.45, 2.75) is 135 Å². The van der Waals surface area contributed by atoms with Gasteiger partial charge in [0.2, 0.25) is 8.32 Å². The first kappa shape index (κ1) is 37.2. The highest BCUT2D eigenvalue weighted by Crippen LogP contribution is 2.43. The predicted octanol–water partition coefficient (Wildman–Crippen LogP) is 7.72. The highest BCUT2D eigenvalue weighted by molar-refractivity contribution is 6.88. The van der Waals surface area contributed by atoms with E-state index in [9.17, 15) is 14.7 Å². The van der Waals surface area contributed by atoms with Gasteiger partial charge in [-0.25, -0.2) is 0 Å². The Morgan fingerprint density at radius 1 is 1.07 bits per heavy atom. The van der Waals surface area contributed by atoms with Gasteiger partial charge in [0.1, 0.15) is 5.78 Å². The van der Waals surface area contributed by atoms with Gasteiger partial charge in [0.15, 0.2) is 0 Å². The van der Waals surface area contributed by atoms with E-state index in [2.05, 4.69) is 89.5 Å². The Bertz CT molecular complexity index is 1030. The van der Waals surface area contributed by atoms with E-state index in [-0.39, 0.29) is 34.7 Å². The Morgan fingerprint density at radius 3 is 2.30 bits per heavy atom. The van der Waals surface area contributed by atoms with E-state index in [4.69, 9.17) is 9.16 Å². The number of anilines is 1. The summed E-state index contributed by atoms with van der Waals surface area (Å²) in [7, 11) is 1.01. The Balaban J connectivity index is 2.29. The van der Waals surface area contributed by atoms with Gasteiger partial charge in [-0.05, 0) is 68.4 Å². The Labute approximate surface area is 263 Å². The van der Waals surface area contributed by atoms with E-state index in [1.807, 2.05) is 6.92 Å². The van der Waals surface area contributed by atoms with Crippen molar-refractivity contribution >= 4 is 30.9 Å². The average molecular weight is 616 g/mol. The SMILES string of the molecule is CCCCC(C)(O)CC=C[C@H]1[C@H](O[Si](C)(c2ccc(N(C)CC)cc2)C(C)(C)C)CC(=O)[C@@H]1CCCCCCC(=O)OC. The lowest BCUT2D eigenvalue weighted by Crippen LogP contribution is -2.57. The van der Waals surface area contributed by atoms with Crippen molar-refractivity contribution < 1.29 is 23.9 Å². The lowest BCUT2D eigenvalue weighted by atomic mass is 9.87. The number of hydrogen-bond acceptors (Lipinski definition) is 6. The van der Waals surface area contributed by atoms with Crippen LogP contribution >= 0.6 is 0 Å². The quantitative estimate of drug-likeness (QED) is 0.0789. The molecule has 6 nitrogen and oxygen atoms in total. The maximum absolute atomic E-state index is 13.6. The largest absolute Gasteiger partial charge is 0.469 e. The summed E-state index contributed by atoms with van der Waals surface area (Å²) in [6, 6.07) is 8.85. The van der Waals surface area contributed by atoms with Crippen molar-refractivity contribution in [2.75, 3.05) is 25.6 Å². The van der Waals surface area contributed by atoms with Crippen LogP contribution in [0.4, 0.5) is 5.69 Å². The molecule has 0 amide bonds. The van der Waals surface area contributed by atoms with E-state index in [0.29, 0.717) is 19.3 Å². The van der Waals surface area contributed by atoms with Gasteiger partial charge in [0.05, 0.1) is 18.8 Å². The highest BCUT2D eigenvalue weighted by Gasteiger charge is 2.50. The van der Waals surface area contributed by atoms with Crippen LogP contribution in [0.5, 0.6) is 0 Å². The molecule has 0 radical (unpaired) electrons. The maximum Gasteiger partial charge on any atom is 0.305 e. The molecule has 1 N–H and O–H groups in total. The molecule has 1 saturated carbocycles. The summed E-state index contributed by atoms with van der Waals surface area (Å²) in [6.07, 6.45) is 12.9. The fourth-order valence-corrected chi connectivity index (χ4v) is 9.12. The summed E-state index contributed by atoms with van der Waals surface area (Å²) in [4.78, 5) is 27.2. The summed E-state index contributed by atoms with van der Waals surface area (Å²) in [5, 5.41) is 12.1. The molecule has 1 aliphatic carbocycles. The van der Waals surface area contributed by atoms with Gasteiger partial charge in [-0.3, -0.25) is 9.59 Å². The molecule has 0 spiro atoms. The molecule has 5 atom stereocenters. The minimum Gasteiger partial charge on any atom is -0.469 e. The van der Waals surface area contributed by atoms with Crippen molar-refractivity contribution in [1.29, 1.82) is 0 Å². The van der Waals surface area contributed by atoms with Crippen LogP contribution in [0.3, 0.4) is 0 Å². The van der Waals surface area contributed by atoms with Gasteiger partial charge in [-0.2, -0.15) is 0 Å². The number of aliphatic hydroxyl groups is 1. The molecule has 0 bridgehead atoms. The third-order valence-electron chi connectivity index (χ3n) is 9.72. The molecule has 2 unspecified atom stereocenters. The van der Waals surface area contributed by atoms with E-state index in [1.165, 1.54) is 18.0 Å². The lowest BCUT2D eigenvalue weighted by molar-refractivity contribution is -0.140. The van der Waals surface area contributed by atoms with Gasteiger partial charge >= 0.3 is 5.97 Å². The van der Waals surface area contributed by atoms with Crippen molar-refractivity contribution in [1.82, 2.24) is 0 Å². The first-order valence-electron chi connectivity index (χ1n) is 16.7. The molecule has 43 heavy (non-hydrogen) atoms. The number of ether oxygens (including phenoxy) is 1. The molecule has 1 aromatic carbocycles. The third kappa shape index (κ3) is 10.9. The zero-order valence-electron chi connectivity index (χ0n) is 28.7. The molecule has 244 valence electrons. The van der Waals surface area contributed by atoms with Crippen LogP contribution in [0, 0.1) is 11.8 Å². The molecule has 0 aliphatic heterocycles. The summed E-state index contributed by atoms with van der Waals surface area (Å²) >= 11 is 0. The third-order valence-corrected chi connectivity index (χ3v) is 14.8. The number of hydrogen-bond donors (Lipinski definition) is 1. The van der Waals surface area contributed by atoms with E-state index < -0.39 is 13.9 Å². The predicted molar refractivity (Wildman–Crippen MR) is 181 cm³/mol. The average Bonchev–Trinajstić information content (AvgIpc) is 3.25. The van der Waals surface area contributed by atoms with Gasteiger partial charge in [-0.15, -0.1) is 0 Å². The van der Waals surface area contributed by atoms with E-state index >= 15 is 0 Å². The molecule has 1 aromatic rings. The van der Waals surface area contributed by atoms with Gasteiger partial charge in [-0.1, -0.05) is 84.1 Å². The minimum atomic E-state index is -2.52. The fourth-order valence-electron chi connectivity index (χ4n) is 6.12. The van der Waals surface area contributed by atoms with Crippen molar-refractivity contribution in [2.24, 2.45) is 11.8 Å². The molecule has 7 heteroatoms. The normalized spacial score (nSPS) is 22.0. The monoisotopic (exact) mass is 615 g/mol. The van der Waals surface area contributed by atoms with Gasteiger partial charge in [0.25, 0.3) is 0 Å². The number of Topliss-reactive ketones (excluding diaryl/α,β-unsaturated/α-hetero) is 1. The van der Waals surface area contributed by atoms with Crippen LogP contribution in [0.15, 0.2) is 36.4 Å². The van der Waals surface area contributed by atoms with Crippen LogP contribution < -0.4 is 10.1 Å². The van der Waals surface area contributed by atoms with Crippen LogP contribution in [0.1, 0.15) is 112 Å². The van der Waals surface area contributed by atoms with Crippen LogP contribution in [-0.4, -0.2) is 57.6 Å². The summed E-state index contributed by atoms with van der Waals surface area (Å²) < 4.78 is 12.0. The van der Waals surface area contributed by atoms with Gasteiger partial charge < -0.3 is 19.2 Å². The first-order valence-corrected chi connectivity index (χ1v) is 19.1. The Morgan fingerprint density at radius 2 is 1.72 bits per heavy atom. The summed E-state index contributed by atoms with van der Waals surface area (Å²) in [5.74, 6) is 0.0339. The number of nitrogens with zero attached hydrogens (tertiary/aromatic N) is 1. The number of carbonyl (C=O) groups excluding carboxylic acids is 2. The maximum atomic E-state index is 13.6. The van der Waals surface area contributed by atoms with Crippen LogP contribution in [0.2, 0.25) is 11.6 Å². The second kappa shape index (κ2) is 16.9. The minimum absolute atomic E-state index is 0.00998. The number of rotatable bonds is 18. The molecular weight excluding hydrogens is 554 g/mol. The molecule has 1 aliphatic rings. The fraction of sp³-hybridized carbons (Fsp3) is 0.722. The molecule has 0 heterocycles. The summed E-state index contributed by atoms with van der Waals surface area (Å²) in [5.41, 5.74) is 0.443. The van der Waals surface area contributed by atoms with E-state index in [0.717, 1.165) is 57.9 Å². The number of unbranched alkanes of at least 4 members (excludes halogenated alkanes) is 4. The van der Waals surface area contributed by atoms with E-state index in [1.54, 1.807) is 0 Å². The Kier molecular flexibility index (Phi) is 14.7. The first-order chi connectivity index (χ1) is 20.2. The van der Waals surface area contributed by atoms with Crippen LogP contribution in [0.25, 0.3) is 0 Å². The number of carbonyl (C=O) groups is 2. The number of ketones is 1. The second-order valence-electron chi connectivity index (χ2n) is 14.1. The smallest absolute Gasteiger partial charge is 0.305 e. The molecule has 1 fully saturated rings. The number of methoxy groups -OCH3 is 1. The number of benzene rings is 1. The molecular formula is C36H61NO5Si. The zero-order chi connectivity index (χ0) is 32.3. The Hall–Kier alpha value is -1.96. The number of esters is 1. The molecule has 0 aromatic heterocycles. The molecule has 0 saturated heterocycles. The topological polar surface area (TPSA) is 76.1 Å². The highest BCUT2D eigenvalue weighted by atomic mass is 28.4. The molecule has 2 rings (SSSR count). The van der Waals surface area contributed by atoms with Gasteiger partial charge in [0, 0.05) is 44.0 Å².